The second-order valence-electron chi connectivity index (χ2n) is 6.24. The van der Waals surface area contributed by atoms with E-state index < -0.39 is 0 Å². The van der Waals surface area contributed by atoms with Gasteiger partial charge < -0.3 is 15.1 Å². The van der Waals surface area contributed by atoms with E-state index in [1.807, 2.05) is 40.9 Å². The lowest BCUT2D eigenvalue weighted by molar-refractivity contribution is 0.506. The van der Waals surface area contributed by atoms with Crippen molar-refractivity contribution in [1.29, 1.82) is 0 Å². The number of pyridine rings is 1. The molecule has 0 fully saturated rings. The van der Waals surface area contributed by atoms with E-state index in [1.165, 1.54) is 0 Å². The van der Waals surface area contributed by atoms with Crippen LogP contribution in [-0.4, -0.2) is 33.6 Å². The van der Waals surface area contributed by atoms with Crippen LogP contribution in [0.1, 0.15) is 25.4 Å². The van der Waals surface area contributed by atoms with Gasteiger partial charge in [0.2, 0.25) is 0 Å². The Labute approximate surface area is 170 Å². The number of furan rings is 1. The van der Waals surface area contributed by atoms with E-state index in [0.29, 0.717) is 12.5 Å². The maximum Gasteiger partial charge on any atom is 0.191 e. The molecule has 26 heavy (non-hydrogen) atoms. The van der Waals surface area contributed by atoms with Gasteiger partial charge in [-0.2, -0.15) is 0 Å². The molecule has 0 aromatic carbocycles. The Hall–Kier alpha value is -2.10. The first-order valence-corrected chi connectivity index (χ1v) is 8.55. The number of hydrogen-bond acceptors (Lipinski definition) is 4. The highest BCUT2D eigenvalue weighted by molar-refractivity contribution is 14.0. The van der Waals surface area contributed by atoms with Crippen molar-refractivity contribution in [3.05, 3.63) is 54.4 Å². The predicted octanol–water partition coefficient (Wildman–Crippen LogP) is 2.87. The van der Waals surface area contributed by atoms with E-state index in [0.717, 1.165) is 42.7 Å². The van der Waals surface area contributed by atoms with Crippen LogP contribution < -0.4 is 10.6 Å². The van der Waals surface area contributed by atoms with Gasteiger partial charge in [0.15, 0.2) is 17.4 Å². The summed E-state index contributed by atoms with van der Waals surface area (Å²) in [5.74, 6) is 3.07. The fourth-order valence-corrected chi connectivity index (χ4v) is 2.38. The summed E-state index contributed by atoms with van der Waals surface area (Å²) in [6.07, 6.45) is 4.45. The molecule has 0 unspecified atom stereocenters. The Kier molecular flexibility index (Phi) is 7.89. The van der Waals surface area contributed by atoms with Crippen LogP contribution in [0.5, 0.6) is 0 Å². The van der Waals surface area contributed by atoms with Crippen molar-refractivity contribution < 1.29 is 4.42 Å². The van der Waals surface area contributed by atoms with Crippen LogP contribution in [-0.2, 0) is 13.0 Å². The molecule has 2 N–H and O–H groups in total. The molecule has 3 aromatic rings. The molecule has 0 radical (unpaired) electrons. The molecule has 3 rings (SSSR count). The monoisotopic (exact) mass is 468 g/mol. The zero-order chi connectivity index (χ0) is 17.5. The summed E-state index contributed by atoms with van der Waals surface area (Å²) in [5.41, 5.74) is 0.829. The first-order chi connectivity index (χ1) is 12.2. The highest BCUT2D eigenvalue weighted by Gasteiger charge is 2.06. The topological polar surface area (TPSA) is 79.8 Å². The highest BCUT2D eigenvalue weighted by atomic mass is 127. The summed E-state index contributed by atoms with van der Waals surface area (Å²) in [7, 11) is 0. The van der Waals surface area contributed by atoms with Gasteiger partial charge in [-0.3, -0.25) is 4.40 Å². The number of rotatable bonds is 7. The first-order valence-electron chi connectivity index (χ1n) is 8.55. The van der Waals surface area contributed by atoms with E-state index >= 15 is 0 Å². The predicted molar refractivity (Wildman–Crippen MR) is 113 cm³/mol. The van der Waals surface area contributed by atoms with E-state index in [9.17, 15) is 0 Å². The largest absolute Gasteiger partial charge is 0.469 e. The van der Waals surface area contributed by atoms with Crippen LogP contribution in [0.4, 0.5) is 0 Å². The summed E-state index contributed by atoms with van der Waals surface area (Å²) in [6, 6.07) is 9.71. The van der Waals surface area contributed by atoms with Crippen molar-refractivity contribution in [2.45, 2.75) is 26.8 Å². The maximum atomic E-state index is 5.36. The maximum absolute atomic E-state index is 5.36. The van der Waals surface area contributed by atoms with Crippen LogP contribution in [0, 0.1) is 5.92 Å². The number of aliphatic imine (C=N–C) groups is 1. The minimum absolute atomic E-state index is 0. The Morgan fingerprint density at radius 1 is 1.19 bits per heavy atom. The van der Waals surface area contributed by atoms with Crippen molar-refractivity contribution in [2.75, 3.05) is 13.1 Å². The average Bonchev–Trinajstić information content (AvgIpc) is 3.26. The zero-order valence-corrected chi connectivity index (χ0v) is 17.4. The molecule has 7 nitrogen and oxygen atoms in total. The zero-order valence-electron chi connectivity index (χ0n) is 15.1. The standard InChI is InChI=1S/C18H24N6O.HI/c1-14(2)12-20-18(19-9-8-15-6-5-11-25-15)21-13-17-23-22-16-7-3-4-10-24(16)17;/h3-7,10-11,14H,8-9,12-13H2,1-2H3,(H2,19,20,21);1H. The van der Waals surface area contributed by atoms with Crippen LogP contribution in [0.25, 0.3) is 5.65 Å². The number of fused-ring (bicyclic) bond motifs is 1. The van der Waals surface area contributed by atoms with E-state index in [-0.39, 0.29) is 24.0 Å². The Morgan fingerprint density at radius 2 is 2.08 bits per heavy atom. The number of nitrogens with one attached hydrogen (secondary N) is 2. The Morgan fingerprint density at radius 3 is 2.85 bits per heavy atom. The molecule has 0 aliphatic heterocycles. The smallest absolute Gasteiger partial charge is 0.191 e. The summed E-state index contributed by atoms with van der Waals surface area (Å²) in [6.45, 7) is 6.39. The lowest BCUT2D eigenvalue weighted by Crippen LogP contribution is -2.40. The van der Waals surface area contributed by atoms with E-state index in [4.69, 9.17) is 4.42 Å². The number of nitrogens with zero attached hydrogens (tertiary/aromatic N) is 4. The molecular formula is C18H25IN6O. The number of guanidine groups is 1. The first kappa shape index (κ1) is 20.2. The SMILES string of the molecule is CC(C)CNC(=NCc1nnc2ccccn12)NCCc1ccco1.I. The molecular weight excluding hydrogens is 443 g/mol. The summed E-state index contributed by atoms with van der Waals surface area (Å²) in [5, 5.41) is 15.1. The Balaban J connectivity index is 0.00000243. The summed E-state index contributed by atoms with van der Waals surface area (Å²) < 4.78 is 7.31. The molecule has 0 amide bonds. The van der Waals surface area contributed by atoms with Crippen LogP contribution in [0.3, 0.4) is 0 Å². The number of hydrogen-bond donors (Lipinski definition) is 2. The molecule has 0 saturated heterocycles. The quantitative estimate of drug-likeness (QED) is 0.317. The third-order valence-electron chi connectivity index (χ3n) is 3.68. The average molecular weight is 468 g/mol. The van der Waals surface area contributed by atoms with Gasteiger partial charge in [-0.05, 0) is 30.2 Å². The van der Waals surface area contributed by atoms with Gasteiger partial charge in [-0.1, -0.05) is 19.9 Å². The van der Waals surface area contributed by atoms with Gasteiger partial charge in [0.1, 0.15) is 12.3 Å². The molecule has 0 saturated carbocycles. The van der Waals surface area contributed by atoms with Gasteiger partial charge in [0.25, 0.3) is 0 Å². The fraction of sp³-hybridized carbons (Fsp3) is 0.389. The molecule has 0 bridgehead atoms. The van der Waals surface area contributed by atoms with Crippen LogP contribution >= 0.6 is 24.0 Å². The van der Waals surface area contributed by atoms with Gasteiger partial charge in [0.05, 0.1) is 6.26 Å². The molecule has 0 atom stereocenters. The molecule has 0 spiro atoms. The molecule has 3 heterocycles. The molecule has 0 aliphatic rings. The molecule has 8 heteroatoms. The van der Waals surface area contributed by atoms with Gasteiger partial charge >= 0.3 is 0 Å². The number of halogens is 1. The van der Waals surface area contributed by atoms with Gasteiger partial charge in [-0.15, -0.1) is 34.2 Å². The van der Waals surface area contributed by atoms with Gasteiger partial charge in [-0.25, -0.2) is 4.99 Å². The van der Waals surface area contributed by atoms with Crippen LogP contribution in [0.2, 0.25) is 0 Å². The lowest BCUT2D eigenvalue weighted by atomic mass is 10.2. The minimum Gasteiger partial charge on any atom is -0.469 e. The molecule has 140 valence electrons. The van der Waals surface area contributed by atoms with Crippen molar-refractivity contribution in [1.82, 2.24) is 25.2 Å². The minimum atomic E-state index is 0. The van der Waals surface area contributed by atoms with E-state index in [1.54, 1.807) is 6.26 Å². The normalized spacial score (nSPS) is 11.6. The van der Waals surface area contributed by atoms with Crippen molar-refractivity contribution in [3.63, 3.8) is 0 Å². The second kappa shape index (κ2) is 10.1. The Bertz CT molecular complexity index is 812. The third-order valence-corrected chi connectivity index (χ3v) is 3.68. The third kappa shape index (κ3) is 5.72. The number of aromatic nitrogens is 3. The van der Waals surface area contributed by atoms with Crippen molar-refractivity contribution >= 4 is 35.6 Å². The highest BCUT2D eigenvalue weighted by Crippen LogP contribution is 2.04. The molecule has 0 aliphatic carbocycles. The van der Waals surface area contributed by atoms with Crippen LogP contribution in [0.15, 0.2) is 52.2 Å². The van der Waals surface area contributed by atoms with E-state index in [2.05, 4.69) is 39.7 Å². The summed E-state index contributed by atoms with van der Waals surface area (Å²) >= 11 is 0. The van der Waals surface area contributed by atoms with Crippen molar-refractivity contribution in [2.24, 2.45) is 10.9 Å². The van der Waals surface area contributed by atoms with Crippen molar-refractivity contribution in [3.8, 4) is 0 Å². The fourth-order valence-electron chi connectivity index (χ4n) is 2.38. The summed E-state index contributed by atoms with van der Waals surface area (Å²) in [4.78, 5) is 4.65. The second-order valence-corrected chi connectivity index (χ2v) is 6.24. The van der Waals surface area contributed by atoms with Gasteiger partial charge in [0, 0.05) is 25.7 Å². The molecule has 3 aromatic heterocycles. The lowest BCUT2D eigenvalue weighted by Gasteiger charge is -2.13.